The summed E-state index contributed by atoms with van der Waals surface area (Å²) in [4.78, 5) is 38.0. The van der Waals surface area contributed by atoms with Gasteiger partial charge in [-0.05, 0) is 66.1 Å². The second-order valence-electron chi connectivity index (χ2n) is 7.54. The van der Waals surface area contributed by atoms with Gasteiger partial charge in [-0.3, -0.25) is 14.4 Å². The van der Waals surface area contributed by atoms with Gasteiger partial charge in [0.05, 0.1) is 0 Å². The van der Waals surface area contributed by atoms with E-state index in [0.717, 1.165) is 17.7 Å². The lowest BCUT2D eigenvalue weighted by Crippen LogP contribution is -2.28. The average Bonchev–Trinajstić information content (AvgIpc) is 3.22. The highest BCUT2D eigenvalue weighted by Gasteiger charge is 2.24. The van der Waals surface area contributed by atoms with Crippen LogP contribution >= 0.6 is 0 Å². The number of benzene rings is 3. The highest BCUT2D eigenvalue weighted by atomic mass is 16.2. The molecular weight excluding hydrogens is 402 g/mol. The summed E-state index contributed by atoms with van der Waals surface area (Å²) in [7, 11) is 0. The van der Waals surface area contributed by atoms with Gasteiger partial charge in [-0.25, -0.2) is 0 Å². The van der Waals surface area contributed by atoms with Gasteiger partial charge in [-0.1, -0.05) is 30.3 Å². The zero-order valence-electron chi connectivity index (χ0n) is 17.7. The van der Waals surface area contributed by atoms with Crippen LogP contribution in [0.2, 0.25) is 0 Å². The topological polar surface area (TPSA) is 78.5 Å². The van der Waals surface area contributed by atoms with Crippen LogP contribution in [0.5, 0.6) is 0 Å². The Labute approximate surface area is 186 Å². The van der Waals surface area contributed by atoms with Gasteiger partial charge >= 0.3 is 0 Å². The van der Waals surface area contributed by atoms with E-state index in [1.165, 1.54) is 18.6 Å². The fourth-order valence-electron chi connectivity index (χ4n) is 3.64. The lowest BCUT2D eigenvalue weighted by Gasteiger charge is -2.17. The highest BCUT2D eigenvalue weighted by molar-refractivity contribution is 6.08. The van der Waals surface area contributed by atoms with Crippen molar-refractivity contribution in [2.75, 3.05) is 22.1 Å². The molecule has 0 aliphatic carbocycles. The Hall–Kier alpha value is -4.19. The van der Waals surface area contributed by atoms with Crippen LogP contribution in [0.25, 0.3) is 6.08 Å². The van der Waals surface area contributed by atoms with Gasteiger partial charge in [0.15, 0.2) is 0 Å². The Bertz CT molecular complexity index is 1180. The maximum absolute atomic E-state index is 12.9. The van der Waals surface area contributed by atoms with E-state index in [2.05, 4.69) is 10.6 Å². The zero-order valence-corrected chi connectivity index (χ0v) is 17.7. The lowest BCUT2D eigenvalue weighted by atomic mass is 10.1. The Balaban J connectivity index is 1.35. The molecule has 4 rings (SSSR count). The molecule has 0 unspecified atom stereocenters. The van der Waals surface area contributed by atoms with Crippen molar-refractivity contribution in [3.8, 4) is 0 Å². The van der Waals surface area contributed by atoms with Crippen LogP contribution in [0.15, 0.2) is 78.9 Å². The third kappa shape index (κ3) is 4.92. The van der Waals surface area contributed by atoms with Crippen molar-refractivity contribution >= 4 is 40.9 Å². The van der Waals surface area contributed by atoms with Crippen LogP contribution in [-0.2, 0) is 16.0 Å². The molecule has 32 heavy (non-hydrogen) atoms. The standard InChI is InChI=1S/C26H23N3O3/c1-18(30)27-22-11-6-19(7-12-22)8-15-25(31)28-23-13-9-21(10-14-23)26(32)29-17-16-20-4-2-3-5-24(20)29/h2-15H,16-17H2,1H3,(H,27,30)(H,28,31)/b15-8+. The summed E-state index contributed by atoms with van der Waals surface area (Å²) in [5, 5.41) is 5.49. The molecule has 1 aliphatic heterocycles. The first-order chi connectivity index (χ1) is 15.5. The third-order valence-electron chi connectivity index (χ3n) is 5.19. The first kappa shape index (κ1) is 21.1. The first-order valence-corrected chi connectivity index (χ1v) is 10.4. The average molecular weight is 425 g/mol. The smallest absolute Gasteiger partial charge is 0.258 e. The van der Waals surface area contributed by atoms with E-state index >= 15 is 0 Å². The lowest BCUT2D eigenvalue weighted by molar-refractivity contribution is -0.114. The summed E-state index contributed by atoms with van der Waals surface area (Å²) in [6.45, 7) is 2.12. The normalized spacial score (nSPS) is 12.5. The minimum absolute atomic E-state index is 0.0459. The molecule has 0 fully saturated rings. The molecule has 6 nitrogen and oxygen atoms in total. The molecule has 2 N–H and O–H groups in total. The number of carbonyl (C=O) groups is 3. The van der Waals surface area contributed by atoms with Crippen molar-refractivity contribution in [1.82, 2.24) is 0 Å². The van der Waals surface area contributed by atoms with E-state index in [1.54, 1.807) is 47.4 Å². The number of hydrogen-bond donors (Lipinski definition) is 2. The van der Waals surface area contributed by atoms with Crippen molar-refractivity contribution in [2.24, 2.45) is 0 Å². The van der Waals surface area contributed by atoms with Crippen molar-refractivity contribution in [3.05, 3.63) is 95.6 Å². The fraction of sp³-hybridized carbons (Fsp3) is 0.115. The first-order valence-electron chi connectivity index (χ1n) is 10.4. The SMILES string of the molecule is CC(=O)Nc1ccc(/C=C/C(=O)Nc2ccc(C(=O)N3CCc4ccccc43)cc2)cc1. The molecule has 0 spiro atoms. The van der Waals surface area contributed by atoms with Crippen molar-refractivity contribution in [3.63, 3.8) is 0 Å². The number of rotatable bonds is 5. The number of nitrogens with one attached hydrogen (secondary N) is 2. The Kier molecular flexibility index (Phi) is 6.12. The van der Waals surface area contributed by atoms with Crippen molar-refractivity contribution < 1.29 is 14.4 Å². The molecular formula is C26H23N3O3. The molecule has 6 heteroatoms. The molecule has 0 aromatic heterocycles. The Morgan fingerprint density at radius 1 is 0.844 bits per heavy atom. The summed E-state index contributed by atoms with van der Waals surface area (Å²) in [6.07, 6.45) is 3.99. The molecule has 0 radical (unpaired) electrons. The molecule has 0 saturated heterocycles. The maximum Gasteiger partial charge on any atom is 0.258 e. The van der Waals surface area contributed by atoms with E-state index in [0.29, 0.717) is 23.5 Å². The van der Waals surface area contributed by atoms with Gasteiger partial charge in [-0.2, -0.15) is 0 Å². The van der Waals surface area contributed by atoms with E-state index in [-0.39, 0.29) is 17.7 Å². The third-order valence-corrected chi connectivity index (χ3v) is 5.19. The molecule has 0 bridgehead atoms. The van der Waals surface area contributed by atoms with E-state index < -0.39 is 0 Å². The van der Waals surface area contributed by atoms with Gasteiger partial charge in [0, 0.05) is 42.2 Å². The van der Waals surface area contributed by atoms with Crippen LogP contribution in [0.1, 0.15) is 28.4 Å². The summed E-state index contributed by atoms with van der Waals surface area (Å²) in [5.41, 5.74) is 4.87. The fourth-order valence-corrected chi connectivity index (χ4v) is 3.64. The summed E-state index contributed by atoms with van der Waals surface area (Å²) in [5.74, 6) is -0.454. The second kappa shape index (κ2) is 9.31. The van der Waals surface area contributed by atoms with Crippen LogP contribution in [0, 0.1) is 0 Å². The van der Waals surface area contributed by atoms with Gasteiger partial charge < -0.3 is 15.5 Å². The van der Waals surface area contributed by atoms with Crippen LogP contribution in [0.4, 0.5) is 17.1 Å². The summed E-state index contributed by atoms with van der Waals surface area (Å²) < 4.78 is 0. The van der Waals surface area contributed by atoms with Crippen molar-refractivity contribution in [2.45, 2.75) is 13.3 Å². The molecule has 3 aromatic rings. The van der Waals surface area contributed by atoms with Crippen molar-refractivity contribution in [1.29, 1.82) is 0 Å². The number of amides is 3. The molecule has 0 atom stereocenters. The predicted molar refractivity (Wildman–Crippen MR) is 127 cm³/mol. The molecule has 1 aliphatic rings. The second-order valence-corrected chi connectivity index (χ2v) is 7.54. The van der Waals surface area contributed by atoms with Crippen LogP contribution in [-0.4, -0.2) is 24.3 Å². The molecule has 160 valence electrons. The minimum atomic E-state index is -0.275. The van der Waals surface area contributed by atoms with Crippen LogP contribution < -0.4 is 15.5 Å². The van der Waals surface area contributed by atoms with Crippen LogP contribution in [0.3, 0.4) is 0 Å². The van der Waals surface area contributed by atoms with Gasteiger partial charge in [0.25, 0.3) is 5.91 Å². The van der Waals surface area contributed by atoms with E-state index in [9.17, 15) is 14.4 Å². The number of nitrogens with zero attached hydrogens (tertiary/aromatic N) is 1. The number of para-hydroxylation sites is 1. The minimum Gasteiger partial charge on any atom is -0.326 e. The summed E-state index contributed by atoms with van der Waals surface area (Å²) >= 11 is 0. The highest BCUT2D eigenvalue weighted by Crippen LogP contribution is 2.29. The molecule has 3 aromatic carbocycles. The number of carbonyl (C=O) groups excluding carboxylic acids is 3. The van der Waals surface area contributed by atoms with Gasteiger partial charge in [0.2, 0.25) is 11.8 Å². The van der Waals surface area contributed by atoms with E-state index in [1.807, 2.05) is 36.4 Å². The molecule has 3 amide bonds. The molecule has 1 heterocycles. The summed E-state index contributed by atoms with van der Waals surface area (Å²) in [6, 6.07) is 22.0. The van der Waals surface area contributed by atoms with Gasteiger partial charge in [-0.15, -0.1) is 0 Å². The maximum atomic E-state index is 12.9. The number of anilines is 3. The monoisotopic (exact) mass is 425 g/mol. The Morgan fingerprint density at radius 2 is 1.50 bits per heavy atom. The van der Waals surface area contributed by atoms with Gasteiger partial charge in [0.1, 0.15) is 0 Å². The predicted octanol–water partition coefficient (Wildman–Crippen LogP) is 4.50. The Morgan fingerprint density at radius 3 is 2.22 bits per heavy atom. The molecule has 0 saturated carbocycles. The number of fused-ring (bicyclic) bond motifs is 1. The number of hydrogen-bond acceptors (Lipinski definition) is 3. The largest absolute Gasteiger partial charge is 0.326 e. The van der Waals surface area contributed by atoms with E-state index in [4.69, 9.17) is 0 Å². The zero-order chi connectivity index (χ0) is 22.5. The quantitative estimate of drug-likeness (QED) is 0.591.